The van der Waals surface area contributed by atoms with Crippen LogP contribution in [0.2, 0.25) is 0 Å². The van der Waals surface area contributed by atoms with E-state index in [2.05, 4.69) is 59.2 Å². The van der Waals surface area contributed by atoms with Crippen LogP contribution in [0.1, 0.15) is 11.1 Å². The molecule has 0 spiro atoms. The van der Waals surface area contributed by atoms with Crippen molar-refractivity contribution < 1.29 is 0 Å². The SMILES string of the molecule is NCCN.c1ccc(CNCCNCc2ccccc2)cc1. The van der Waals surface area contributed by atoms with Gasteiger partial charge in [-0.3, -0.25) is 0 Å². The zero-order valence-electron chi connectivity index (χ0n) is 13.2. The van der Waals surface area contributed by atoms with Crippen molar-refractivity contribution in [2.75, 3.05) is 26.2 Å². The van der Waals surface area contributed by atoms with Crippen molar-refractivity contribution in [2.24, 2.45) is 11.5 Å². The Labute approximate surface area is 133 Å². The van der Waals surface area contributed by atoms with Gasteiger partial charge >= 0.3 is 0 Å². The highest BCUT2D eigenvalue weighted by Crippen LogP contribution is 1.97. The Bertz CT molecular complexity index is 414. The highest BCUT2D eigenvalue weighted by molar-refractivity contribution is 5.15. The minimum atomic E-state index is 0.597. The lowest BCUT2D eigenvalue weighted by atomic mass is 10.2. The molecule has 0 saturated carbocycles. The minimum Gasteiger partial charge on any atom is -0.329 e. The molecule has 22 heavy (non-hydrogen) atoms. The van der Waals surface area contributed by atoms with Gasteiger partial charge in [-0.2, -0.15) is 0 Å². The Kier molecular flexibility index (Phi) is 10.8. The van der Waals surface area contributed by atoms with Crippen LogP contribution >= 0.6 is 0 Å². The molecule has 0 radical (unpaired) electrons. The van der Waals surface area contributed by atoms with E-state index in [0.717, 1.165) is 26.2 Å². The average Bonchev–Trinajstić information content (AvgIpc) is 2.60. The van der Waals surface area contributed by atoms with Gasteiger partial charge in [-0.05, 0) is 11.1 Å². The number of nitrogens with one attached hydrogen (secondary N) is 2. The van der Waals surface area contributed by atoms with E-state index in [1.807, 2.05) is 12.1 Å². The first-order chi connectivity index (χ1) is 10.9. The summed E-state index contributed by atoms with van der Waals surface area (Å²) in [5.41, 5.74) is 12.5. The van der Waals surface area contributed by atoms with Crippen LogP contribution in [0.4, 0.5) is 0 Å². The zero-order chi connectivity index (χ0) is 15.9. The van der Waals surface area contributed by atoms with Gasteiger partial charge in [0.2, 0.25) is 0 Å². The molecule has 120 valence electrons. The quantitative estimate of drug-likeness (QED) is 0.557. The maximum absolute atomic E-state index is 4.90. The highest BCUT2D eigenvalue weighted by Gasteiger charge is 1.92. The van der Waals surface area contributed by atoms with Gasteiger partial charge in [0.05, 0.1) is 0 Å². The molecule has 4 nitrogen and oxygen atoms in total. The molecule has 0 heterocycles. The van der Waals surface area contributed by atoms with Crippen molar-refractivity contribution in [1.29, 1.82) is 0 Å². The van der Waals surface area contributed by atoms with E-state index in [-0.39, 0.29) is 0 Å². The first kappa shape index (κ1) is 18.3. The first-order valence-electron chi connectivity index (χ1n) is 7.76. The highest BCUT2D eigenvalue weighted by atomic mass is 14.9. The van der Waals surface area contributed by atoms with Crippen molar-refractivity contribution in [3.63, 3.8) is 0 Å². The van der Waals surface area contributed by atoms with Crippen LogP contribution in [0, 0.1) is 0 Å². The summed E-state index contributed by atoms with van der Waals surface area (Å²) >= 11 is 0. The van der Waals surface area contributed by atoms with Crippen LogP contribution in [0.25, 0.3) is 0 Å². The second-order valence-corrected chi connectivity index (χ2v) is 4.90. The molecule has 0 aromatic heterocycles. The predicted molar refractivity (Wildman–Crippen MR) is 94.4 cm³/mol. The van der Waals surface area contributed by atoms with E-state index in [9.17, 15) is 0 Å². The van der Waals surface area contributed by atoms with E-state index < -0.39 is 0 Å². The summed E-state index contributed by atoms with van der Waals surface area (Å²) in [6.07, 6.45) is 0. The largest absolute Gasteiger partial charge is 0.329 e. The van der Waals surface area contributed by atoms with Gasteiger partial charge in [-0.1, -0.05) is 60.7 Å². The molecule has 0 aliphatic heterocycles. The number of rotatable bonds is 8. The van der Waals surface area contributed by atoms with Crippen molar-refractivity contribution in [1.82, 2.24) is 10.6 Å². The maximum Gasteiger partial charge on any atom is 0.0206 e. The molecule has 0 bridgehead atoms. The van der Waals surface area contributed by atoms with Gasteiger partial charge in [0.15, 0.2) is 0 Å². The van der Waals surface area contributed by atoms with Gasteiger partial charge in [0.25, 0.3) is 0 Å². The van der Waals surface area contributed by atoms with Crippen LogP contribution in [0.15, 0.2) is 60.7 Å². The molecule has 2 rings (SSSR count). The van der Waals surface area contributed by atoms with Gasteiger partial charge in [0, 0.05) is 39.3 Å². The van der Waals surface area contributed by atoms with Gasteiger partial charge < -0.3 is 22.1 Å². The Morgan fingerprint density at radius 1 is 0.591 bits per heavy atom. The van der Waals surface area contributed by atoms with Crippen LogP contribution in [-0.2, 0) is 13.1 Å². The number of hydrogen-bond donors (Lipinski definition) is 4. The summed E-state index contributed by atoms with van der Waals surface area (Å²) < 4.78 is 0. The third-order valence-corrected chi connectivity index (χ3v) is 2.99. The summed E-state index contributed by atoms with van der Waals surface area (Å²) in [4.78, 5) is 0. The molecule has 0 aliphatic rings. The second kappa shape index (κ2) is 13.0. The normalized spacial score (nSPS) is 9.91. The molecule has 0 amide bonds. The molecule has 0 unspecified atom stereocenters. The summed E-state index contributed by atoms with van der Waals surface area (Å²) in [6.45, 7) is 5.05. The second-order valence-electron chi connectivity index (χ2n) is 4.90. The van der Waals surface area contributed by atoms with Gasteiger partial charge in [-0.25, -0.2) is 0 Å². The van der Waals surface area contributed by atoms with Crippen molar-refractivity contribution in [3.05, 3.63) is 71.8 Å². The fourth-order valence-corrected chi connectivity index (χ4v) is 1.83. The first-order valence-corrected chi connectivity index (χ1v) is 7.76. The van der Waals surface area contributed by atoms with Gasteiger partial charge in [0.1, 0.15) is 0 Å². The maximum atomic E-state index is 4.90. The smallest absolute Gasteiger partial charge is 0.0206 e. The third-order valence-electron chi connectivity index (χ3n) is 2.99. The molecule has 0 aliphatic carbocycles. The molecule has 6 N–H and O–H groups in total. The Balaban J connectivity index is 0.000000541. The lowest BCUT2D eigenvalue weighted by Crippen LogP contribution is -2.26. The van der Waals surface area contributed by atoms with E-state index >= 15 is 0 Å². The molecule has 0 atom stereocenters. The monoisotopic (exact) mass is 300 g/mol. The average molecular weight is 300 g/mol. The number of nitrogens with two attached hydrogens (primary N) is 2. The molecule has 2 aromatic rings. The minimum absolute atomic E-state index is 0.597. The Hall–Kier alpha value is -1.72. The fraction of sp³-hybridized carbons (Fsp3) is 0.333. The molecule has 0 saturated heterocycles. The van der Waals surface area contributed by atoms with Crippen molar-refractivity contribution in [2.45, 2.75) is 13.1 Å². The topological polar surface area (TPSA) is 76.1 Å². The summed E-state index contributed by atoms with van der Waals surface area (Å²) in [7, 11) is 0. The van der Waals surface area contributed by atoms with E-state index in [0.29, 0.717) is 13.1 Å². The van der Waals surface area contributed by atoms with E-state index in [1.54, 1.807) is 0 Å². The lowest BCUT2D eigenvalue weighted by molar-refractivity contribution is 0.611. The fourth-order valence-electron chi connectivity index (χ4n) is 1.83. The molecular formula is C18H28N4. The lowest BCUT2D eigenvalue weighted by Gasteiger charge is -2.06. The summed E-state index contributed by atoms with van der Waals surface area (Å²) in [5, 5.41) is 6.85. The third kappa shape index (κ3) is 9.26. The van der Waals surface area contributed by atoms with E-state index in [1.165, 1.54) is 11.1 Å². The standard InChI is InChI=1S/C16H20N2.C2H8N2/c1-3-7-15(8-4-1)13-17-11-12-18-14-16-9-5-2-6-10-16;3-1-2-4/h1-10,17-18H,11-14H2;1-4H2. The van der Waals surface area contributed by atoms with Crippen LogP contribution in [0.3, 0.4) is 0 Å². The van der Waals surface area contributed by atoms with Crippen molar-refractivity contribution in [3.8, 4) is 0 Å². The molecule has 0 fully saturated rings. The predicted octanol–water partition coefficient (Wildman–Crippen LogP) is 1.47. The van der Waals surface area contributed by atoms with Crippen LogP contribution < -0.4 is 22.1 Å². The molecular weight excluding hydrogens is 272 g/mol. The number of benzene rings is 2. The Morgan fingerprint density at radius 2 is 0.955 bits per heavy atom. The summed E-state index contributed by atoms with van der Waals surface area (Å²) in [5.74, 6) is 0. The van der Waals surface area contributed by atoms with Crippen LogP contribution in [-0.4, -0.2) is 26.2 Å². The van der Waals surface area contributed by atoms with E-state index in [4.69, 9.17) is 11.5 Å². The van der Waals surface area contributed by atoms with Crippen molar-refractivity contribution >= 4 is 0 Å². The zero-order valence-corrected chi connectivity index (χ0v) is 13.2. The number of hydrogen-bond acceptors (Lipinski definition) is 4. The summed E-state index contributed by atoms with van der Waals surface area (Å²) in [6, 6.07) is 21.0. The Morgan fingerprint density at radius 3 is 1.27 bits per heavy atom. The molecule has 2 aromatic carbocycles. The molecule has 4 heteroatoms. The van der Waals surface area contributed by atoms with Crippen LogP contribution in [0.5, 0.6) is 0 Å². The van der Waals surface area contributed by atoms with Gasteiger partial charge in [-0.15, -0.1) is 0 Å².